The number of aromatic hydroxyl groups is 1. The minimum Gasteiger partial charge on any atom is -0.505 e. The van der Waals surface area contributed by atoms with Crippen molar-refractivity contribution in [2.45, 2.75) is 0 Å². The van der Waals surface area contributed by atoms with Crippen LogP contribution in [0.5, 0.6) is 5.75 Å². The third kappa shape index (κ3) is 2.16. The van der Waals surface area contributed by atoms with Gasteiger partial charge in [-0.05, 0) is 18.2 Å². The van der Waals surface area contributed by atoms with Gasteiger partial charge in [-0.25, -0.2) is 0 Å². The maximum absolute atomic E-state index is 11.7. The van der Waals surface area contributed by atoms with Crippen LogP contribution in [-0.2, 0) is 0 Å². The Morgan fingerprint density at radius 1 is 1.28 bits per heavy atom. The van der Waals surface area contributed by atoms with Crippen LogP contribution in [0.1, 0.15) is 5.69 Å². The van der Waals surface area contributed by atoms with E-state index in [-0.39, 0.29) is 10.7 Å². The molecule has 18 heavy (non-hydrogen) atoms. The van der Waals surface area contributed by atoms with E-state index >= 15 is 0 Å². The standard InChI is InChI=1S/C11H5Cl2N3O2/c12-7-2-1-6(3-8(7)13)16-11(18)4-10(17)9(5-14)15-16/h1-4,17H. The number of nitrogens with zero attached hydrogens (tertiary/aromatic N) is 3. The highest BCUT2D eigenvalue weighted by atomic mass is 35.5. The molecule has 2 aromatic rings. The lowest BCUT2D eigenvalue weighted by molar-refractivity contribution is 0.464. The van der Waals surface area contributed by atoms with Crippen LogP contribution < -0.4 is 5.56 Å². The van der Waals surface area contributed by atoms with Crippen molar-refractivity contribution in [2.24, 2.45) is 0 Å². The van der Waals surface area contributed by atoms with Gasteiger partial charge >= 0.3 is 0 Å². The zero-order valence-electron chi connectivity index (χ0n) is 8.76. The maximum Gasteiger partial charge on any atom is 0.275 e. The van der Waals surface area contributed by atoms with E-state index in [4.69, 9.17) is 28.5 Å². The summed E-state index contributed by atoms with van der Waals surface area (Å²) in [6.45, 7) is 0. The Kier molecular flexibility index (Phi) is 3.24. The zero-order valence-corrected chi connectivity index (χ0v) is 10.3. The lowest BCUT2D eigenvalue weighted by Gasteiger charge is -2.06. The summed E-state index contributed by atoms with van der Waals surface area (Å²) in [5, 5.41) is 22.4. The number of hydrogen-bond acceptors (Lipinski definition) is 4. The van der Waals surface area contributed by atoms with E-state index in [0.29, 0.717) is 10.7 Å². The smallest absolute Gasteiger partial charge is 0.275 e. The van der Waals surface area contributed by atoms with Crippen LogP contribution in [0, 0.1) is 11.3 Å². The largest absolute Gasteiger partial charge is 0.505 e. The second-order valence-corrected chi connectivity index (χ2v) is 4.15. The SMILES string of the molecule is N#Cc1nn(-c2ccc(Cl)c(Cl)c2)c(=O)cc1O. The molecule has 0 amide bonds. The van der Waals surface area contributed by atoms with Gasteiger partial charge in [0, 0.05) is 0 Å². The molecule has 1 N–H and O–H groups in total. The highest BCUT2D eigenvalue weighted by Gasteiger charge is 2.09. The lowest BCUT2D eigenvalue weighted by Crippen LogP contribution is -2.21. The van der Waals surface area contributed by atoms with Crippen LogP contribution >= 0.6 is 23.2 Å². The van der Waals surface area contributed by atoms with Gasteiger partial charge in [0.15, 0.2) is 5.75 Å². The predicted molar refractivity (Wildman–Crippen MR) is 66.2 cm³/mol. The van der Waals surface area contributed by atoms with Gasteiger partial charge < -0.3 is 5.11 Å². The summed E-state index contributed by atoms with van der Waals surface area (Å²) < 4.78 is 0.959. The third-order valence-electron chi connectivity index (χ3n) is 2.17. The van der Waals surface area contributed by atoms with Gasteiger partial charge in [0.1, 0.15) is 6.07 Å². The fraction of sp³-hybridized carbons (Fsp3) is 0. The number of hydrogen-bond donors (Lipinski definition) is 1. The van der Waals surface area contributed by atoms with Crippen molar-refractivity contribution in [3.8, 4) is 17.5 Å². The van der Waals surface area contributed by atoms with Gasteiger partial charge in [-0.3, -0.25) is 4.79 Å². The van der Waals surface area contributed by atoms with E-state index in [1.807, 2.05) is 0 Å². The van der Waals surface area contributed by atoms with Crippen LogP contribution in [0.2, 0.25) is 10.0 Å². The summed E-state index contributed by atoms with van der Waals surface area (Å²) >= 11 is 11.6. The molecule has 0 saturated heterocycles. The second kappa shape index (κ2) is 4.69. The average molecular weight is 282 g/mol. The molecule has 0 aliphatic carbocycles. The first-order chi connectivity index (χ1) is 8.52. The monoisotopic (exact) mass is 281 g/mol. The van der Waals surface area contributed by atoms with Gasteiger partial charge in [0.2, 0.25) is 5.69 Å². The zero-order chi connectivity index (χ0) is 13.3. The van der Waals surface area contributed by atoms with Gasteiger partial charge in [0.05, 0.1) is 21.8 Å². The fourth-order valence-electron chi connectivity index (χ4n) is 1.33. The number of halogens is 2. The van der Waals surface area contributed by atoms with E-state index in [9.17, 15) is 9.90 Å². The summed E-state index contributed by atoms with van der Waals surface area (Å²) in [4.78, 5) is 11.7. The quantitative estimate of drug-likeness (QED) is 0.868. The van der Waals surface area contributed by atoms with Crippen molar-refractivity contribution in [1.29, 1.82) is 5.26 Å². The van der Waals surface area contributed by atoms with Crippen LogP contribution in [0.25, 0.3) is 5.69 Å². The first-order valence-electron chi connectivity index (χ1n) is 4.72. The lowest BCUT2D eigenvalue weighted by atomic mass is 10.3. The topological polar surface area (TPSA) is 78.9 Å². The molecule has 0 unspecified atom stereocenters. The predicted octanol–water partition coefficient (Wildman–Crippen LogP) is 2.12. The van der Waals surface area contributed by atoms with Crippen molar-refractivity contribution in [3.63, 3.8) is 0 Å². The van der Waals surface area contributed by atoms with Crippen molar-refractivity contribution in [3.05, 3.63) is 50.4 Å². The van der Waals surface area contributed by atoms with E-state index < -0.39 is 11.3 Å². The molecular formula is C11H5Cl2N3O2. The van der Waals surface area contributed by atoms with Gasteiger partial charge in [-0.15, -0.1) is 5.10 Å². The molecule has 0 fully saturated rings. The van der Waals surface area contributed by atoms with Crippen molar-refractivity contribution < 1.29 is 5.11 Å². The molecule has 0 bridgehead atoms. The van der Waals surface area contributed by atoms with E-state index in [2.05, 4.69) is 5.10 Å². The average Bonchev–Trinajstić information content (AvgIpc) is 2.33. The fourth-order valence-corrected chi connectivity index (χ4v) is 1.62. The Balaban J connectivity index is 2.68. The molecule has 0 aliphatic heterocycles. The normalized spacial score (nSPS) is 10.1. The highest BCUT2D eigenvalue weighted by Crippen LogP contribution is 2.23. The molecule has 1 aromatic heterocycles. The number of benzene rings is 1. The summed E-state index contributed by atoms with van der Waals surface area (Å²) in [6, 6.07) is 7.07. The minimum atomic E-state index is -0.579. The molecule has 0 spiro atoms. The first-order valence-corrected chi connectivity index (χ1v) is 5.47. The van der Waals surface area contributed by atoms with Crippen LogP contribution in [-0.4, -0.2) is 14.9 Å². The van der Waals surface area contributed by atoms with Crippen molar-refractivity contribution in [2.75, 3.05) is 0 Å². The Labute approximate surface area is 111 Å². The number of nitriles is 1. The molecule has 5 nitrogen and oxygen atoms in total. The second-order valence-electron chi connectivity index (χ2n) is 3.34. The van der Waals surface area contributed by atoms with Gasteiger partial charge in [0.25, 0.3) is 5.56 Å². The molecule has 7 heteroatoms. The van der Waals surface area contributed by atoms with Crippen LogP contribution in [0.3, 0.4) is 0 Å². The van der Waals surface area contributed by atoms with E-state index in [1.165, 1.54) is 18.2 Å². The van der Waals surface area contributed by atoms with Gasteiger partial charge in [-0.2, -0.15) is 9.94 Å². The van der Waals surface area contributed by atoms with E-state index in [1.54, 1.807) is 6.07 Å². The Morgan fingerprint density at radius 2 is 2.00 bits per heavy atom. The molecule has 1 aromatic carbocycles. The van der Waals surface area contributed by atoms with Gasteiger partial charge in [-0.1, -0.05) is 23.2 Å². The molecule has 2 rings (SSSR count). The Morgan fingerprint density at radius 3 is 2.61 bits per heavy atom. The van der Waals surface area contributed by atoms with Crippen molar-refractivity contribution in [1.82, 2.24) is 9.78 Å². The molecule has 1 heterocycles. The molecule has 0 radical (unpaired) electrons. The summed E-state index contributed by atoms with van der Waals surface area (Å²) in [6.07, 6.45) is 0. The maximum atomic E-state index is 11.7. The first kappa shape index (κ1) is 12.4. The van der Waals surface area contributed by atoms with Crippen molar-refractivity contribution >= 4 is 23.2 Å². The molecule has 0 saturated carbocycles. The molecule has 90 valence electrons. The number of aromatic nitrogens is 2. The van der Waals surface area contributed by atoms with Crippen LogP contribution in [0.15, 0.2) is 29.1 Å². The summed E-state index contributed by atoms with van der Waals surface area (Å²) in [5.74, 6) is -0.459. The van der Waals surface area contributed by atoms with Crippen LogP contribution in [0.4, 0.5) is 0 Å². The Bertz CT molecular complexity index is 719. The molecular weight excluding hydrogens is 277 g/mol. The molecule has 0 aliphatic rings. The summed E-state index contributed by atoms with van der Waals surface area (Å²) in [5.41, 5.74) is -0.475. The van der Waals surface area contributed by atoms with E-state index in [0.717, 1.165) is 10.7 Å². The summed E-state index contributed by atoms with van der Waals surface area (Å²) in [7, 11) is 0. The molecule has 0 atom stereocenters. The highest BCUT2D eigenvalue weighted by molar-refractivity contribution is 6.42. The Hall–Kier alpha value is -2.03. The minimum absolute atomic E-state index is 0.249. The number of rotatable bonds is 1. The third-order valence-corrected chi connectivity index (χ3v) is 2.90.